The second-order valence-electron chi connectivity index (χ2n) is 6.84. The third kappa shape index (κ3) is 5.80. The van der Waals surface area contributed by atoms with E-state index in [2.05, 4.69) is 62.3 Å². The van der Waals surface area contributed by atoms with Gasteiger partial charge in [0.1, 0.15) is 0 Å². The quantitative estimate of drug-likeness (QED) is 0.898. The molecule has 0 unspecified atom stereocenters. The lowest BCUT2D eigenvalue weighted by Gasteiger charge is -2.31. The molecule has 1 aromatic rings. The highest BCUT2D eigenvalue weighted by Crippen LogP contribution is 2.23. The number of hydrogen-bond donors (Lipinski definition) is 1. The maximum atomic E-state index is 3.43. The summed E-state index contributed by atoms with van der Waals surface area (Å²) in [4.78, 5) is 2.51. The Hall–Kier alpha value is -0.860. The first-order valence-corrected chi connectivity index (χ1v) is 8.47. The van der Waals surface area contributed by atoms with Crippen LogP contribution in [0.5, 0.6) is 0 Å². The number of nitrogens with zero attached hydrogens (tertiary/aromatic N) is 1. The molecule has 0 aromatic heterocycles. The summed E-state index contributed by atoms with van der Waals surface area (Å²) in [6.45, 7) is 14.2. The van der Waals surface area contributed by atoms with Crippen molar-refractivity contribution in [2.75, 3.05) is 20.1 Å². The van der Waals surface area contributed by atoms with E-state index < -0.39 is 0 Å². The molecule has 120 valence electrons. The van der Waals surface area contributed by atoms with E-state index in [0.29, 0.717) is 0 Å². The van der Waals surface area contributed by atoms with Crippen LogP contribution in [0, 0.1) is 0 Å². The summed E-state index contributed by atoms with van der Waals surface area (Å²) in [7, 11) is 2.26. The number of piperidine rings is 1. The summed E-state index contributed by atoms with van der Waals surface area (Å²) in [6, 6.07) is 9.89. The normalized spacial score (nSPS) is 16.5. The average Bonchev–Trinajstić information content (AvgIpc) is 2.50. The molecular formula is C19H34N2. The lowest BCUT2D eigenvalue weighted by Crippen LogP contribution is -2.40. The smallest absolute Gasteiger partial charge is 0.0233 e. The molecule has 2 nitrogen and oxygen atoms in total. The maximum Gasteiger partial charge on any atom is 0.0233 e. The van der Waals surface area contributed by atoms with E-state index in [1.165, 1.54) is 24.0 Å². The van der Waals surface area contributed by atoms with Crippen molar-refractivity contribution in [2.24, 2.45) is 0 Å². The number of nitrogens with one attached hydrogen (secondary N) is 1. The second kappa shape index (κ2) is 8.55. The zero-order valence-electron chi connectivity index (χ0n) is 14.9. The molecule has 1 aromatic carbocycles. The molecule has 0 bridgehead atoms. The minimum absolute atomic E-state index is 0.249. The van der Waals surface area contributed by atoms with Crippen molar-refractivity contribution in [3.8, 4) is 0 Å². The van der Waals surface area contributed by atoms with Crippen LogP contribution in [0.3, 0.4) is 0 Å². The lowest BCUT2D eigenvalue weighted by atomic mass is 9.86. The van der Waals surface area contributed by atoms with Crippen LogP contribution in [0.25, 0.3) is 0 Å². The molecule has 1 saturated heterocycles. The number of benzene rings is 1. The van der Waals surface area contributed by atoms with Gasteiger partial charge in [0.2, 0.25) is 0 Å². The van der Waals surface area contributed by atoms with Gasteiger partial charge in [0, 0.05) is 12.6 Å². The van der Waals surface area contributed by atoms with Gasteiger partial charge in [-0.1, -0.05) is 58.9 Å². The van der Waals surface area contributed by atoms with Crippen molar-refractivity contribution in [3.63, 3.8) is 0 Å². The molecule has 1 aliphatic heterocycles. The third-order valence-corrected chi connectivity index (χ3v) is 4.18. The summed E-state index contributed by atoms with van der Waals surface area (Å²) in [6.07, 6.45) is 2.55. The molecule has 1 heterocycles. The van der Waals surface area contributed by atoms with Crippen molar-refractivity contribution in [2.45, 2.75) is 65.5 Å². The summed E-state index contributed by atoms with van der Waals surface area (Å²) in [5.74, 6) is 0. The van der Waals surface area contributed by atoms with E-state index in [1.54, 1.807) is 0 Å². The van der Waals surface area contributed by atoms with Crippen LogP contribution in [-0.4, -0.2) is 31.1 Å². The van der Waals surface area contributed by atoms with Gasteiger partial charge in [0.05, 0.1) is 0 Å². The Morgan fingerprint density at radius 3 is 2.05 bits per heavy atom. The van der Waals surface area contributed by atoms with E-state index in [1.807, 2.05) is 13.8 Å². The minimum Gasteiger partial charge on any atom is -0.317 e. The predicted octanol–water partition coefficient (Wildman–Crippen LogP) is 4.19. The topological polar surface area (TPSA) is 15.3 Å². The Balaban J connectivity index is 0.00000106. The first-order valence-electron chi connectivity index (χ1n) is 8.47. The third-order valence-electron chi connectivity index (χ3n) is 4.18. The number of hydrogen-bond acceptors (Lipinski definition) is 2. The highest BCUT2D eigenvalue weighted by atomic mass is 15.1. The summed E-state index contributed by atoms with van der Waals surface area (Å²) >= 11 is 0. The molecule has 0 aliphatic carbocycles. The summed E-state index contributed by atoms with van der Waals surface area (Å²) < 4.78 is 0. The lowest BCUT2D eigenvalue weighted by molar-refractivity contribution is 0.192. The zero-order valence-corrected chi connectivity index (χ0v) is 14.9. The second-order valence-corrected chi connectivity index (χ2v) is 6.84. The summed E-state index contributed by atoms with van der Waals surface area (Å²) in [5, 5.41) is 3.43. The molecule has 2 rings (SSSR count). The average molecular weight is 290 g/mol. The number of rotatable bonds is 3. The fourth-order valence-electron chi connectivity index (χ4n) is 2.77. The van der Waals surface area contributed by atoms with Crippen LogP contribution in [0.4, 0.5) is 0 Å². The fraction of sp³-hybridized carbons (Fsp3) is 0.684. The van der Waals surface area contributed by atoms with Crippen LogP contribution < -0.4 is 5.32 Å². The largest absolute Gasteiger partial charge is 0.317 e. The van der Waals surface area contributed by atoms with Gasteiger partial charge in [-0.25, -0.2) is 0 Å². The van der Waals surface area contributed by atoms with Crippen LogP contribution in [0.1, 0.15) is 58.6 Å². The van der Waals surface area contributed by atoms with Crippen molar-refractivity contribution in [3.05, 3.63) is 35.4 Å². The Morgan fingerprint density at radius 2 is 1.57 bits per heavy atom. The Bertz CT molecular complexity index is 383. The van der Waals surface area contributed by atoms with Crippen LogP contribution in [0.15, 0.2) is 24.3 Å². The van der Waals surface area contributed by atoms with Gasteiger partial charge in [0.25, 0.3) is 0 Å². The van der Waals surface area contributed by atoms with E-state index in [4.69, 9.17) is 0 Å². The van der Waals surface area contributed by atoms with Gasteiger partial charge in [-0.3, -0.25) is 4.90 Å². The SMILES string of the molecule is CC.CN(Cc1ccc(C(C)(C)C)cc1)C1CCNCC1. The molecule has 0 radical (unpaired) electrons. The van der Waals surface area contributed by atoms with Crippen LogP contribution in [0.2, 0.25) is 0 Å². The molecule has 2 heteroatoms. The van der Waals surface area contributed by atoms with E-state index >= 15 is 0 Å². The Kier molecular flexibility index (Phi) is 7.41. The molecular weight excluding hydrogens is 256 g/mol. The van der Waals surface area contributed by atoms with Gasteiger partial charge >= 0.3 is 0 Å². The molecule has 1 aliphatic rings. The first-order chi connectivity index (χ1) is 9.97. The highest BCUT2D eigenvalue weighted by Gasteiger charge is 2.18. The maximum absolute atomic E-state index is 3.43. The van der Waals surface area contributed by atoms with Gasteiger partial charge in [-0.05, 0) is 49.5 Å². The van der Waals surface area contributed by atoms with Crippen molar-refractivity contribution >= 4 is 0 Å². The van der Waals surface area contributed by atoms with Gasteiger partial charge in [0.15, 0.2) is 0 Å². The predicted molar refractivity (Wildman–Crippen MR) is 93.8 cm³/mol. The molecule has 0 saturated carbocycles. The first kappa shape index (κ1) is 18.2. The molecule has 1 fully saturated rings. The van der Waals surface area contributed by atoms with Crippen molar-refractivity contribution in [1.82, 2.24) is 10.2 Å². The fourth-order valence-corrected chi connectivity index (χ4v) is 2.77. The van der Waals surface area contributed by atoms with Crippen LogP contribution >= 0.6 is 0 Å². The van der Waals surface area contributed by atoms with E-state index in [0.717, 1.165) is 25.7 Å². The molecule has 1 N–H and O–H groups in total. The van der Waals surface area contributed by atoms with Crippen molar-refractivity contribution in [1.29, 1.82) is 0 Å². The van der Waals surface area contributed by atoms with Gasteiger partial charge in [-0.2, -0.15) is 0 Å². The van der Waals surface area contributed by atoms with Gasteiger partial charge < -0.3 is 5.32 Å². The molecule has 21 heavy (non-hydrogen) atoms. The minimum atomic E-state index is 0.249. The highest BCUT2D eigenvalue weighted by molar-refractivity contribution is 5.27. The zero-order chi connectivity index (χ0) is 15.9. The standard InChI is InChI=1S/C17H28N2.C2H6/c1-17(2,3)15-7-5-14(6-8-15)13-19(4)16-9-11-18-12-10-16;1-2/h5-8,16,18H,9-13H2,1-4H3;1-2H3. The molecule has 0 amide bonds. The van der Waals surface area contributed by atoms with Gasteiger partial charge in [-0.15, -0.1) is 0 Å². The van der Waals surface area contributed by atoms with Crippen molar-refractivity contribution < 1.29 is 0 Å². The molecule has 0 spiro atoms. The summed E-state index contributed by atoms with van der Waals surface area (Å²) in [5.41, 5.74) is 3.09. The molecule has 0 atom stereocenters. The Labute approximate surface area is 131 Å². The monoisotopic (exact) mass is 290 g/mol. The van der Waals surface area contributed by atoms with Crippen LogP contribution in [-0.2, 0) is 12.0 Å². The van der Waals surface area contributed by atoms with E-state index in [-0.39, 0.29) is 5.41 Å². The van der Waals surface area contributed by atoms with E-state index in [9.17, 15) is 0 Å². The Morgan fingerprint density at radius 1 is 1.05 bits per heavy atom.